The largest absolute Gasteiger partial charge is 0.363 e. The SMILES string of the molecule is CCCNC(=S)NC(C)CS(C)(=O)=O. The minimum absolute atomic E-state index is 0.0982. The number of nitrogens with one attached hydrogen (secondary N) is 2. The Balaban J connectivity index is 3.83. The van der Waals surface area contributed by atoms with Crippen LogP contribution in [0.25, 0.3) is 0 Å². The van der Waals surface area contributed by atoms with Gasteiger partial charge in [-0.2, -0.15) is 0 Å². The molecule has 0 rings (SSSR count). The van der Waals surface area contributed by atoms with Crippen LogP contribution >= 0.6 is 12.2 Å². The number of hydrogen-bond acceptors (Lipinski definition) is 3. The lowest BCUT2D eigenvalue weighted by Gasteiger charge is -2.15. The Morgan fingerprint density at radius 1 is 1.50 bits per heavy atom. The van der Waals surface area contributed by atoms with E-state index in [-0.39, 0.29) is 11.8 Å². The van der Waals surface area contributed by atoms with E-state index >= 15 is 0 Å². The molecular weight excluding hydrogens is 220 g/mol. The molecule has 0 aliphatic heterocycles. The fourth-order valence-corrected chi connectivity index (χ4v) is 2.30. The molecule has 0 aromatic heterocycles. The van der Waals surface area contributed by atoms with Gasteiger partial charge in [-0.1, -0.05) is 6.92 Å². The van der Waals surface area contributed by atoms with E-state index in [1.165, 1.54) is 6.26 Å². The first-order valence-corrected chi connectivity index (χ1v) is 7.04. The smallest absolute Gasteiger partial charge is 0.166 e. The van der Waals surface area contributed by atoms with Gasteiger partial charge in [0, 0.05) is 18.8 Å². The maximum Gasteiger partial charge on any atom is 0.166 e. The molecule has 1 atom stereocenters. The predicted octanol–water partition coefficient (Wildman–Crippen LogP) is 0.294. The lowest BCUT2D eigenvalue weighted by molar-refractivity contribution is 0.590. The van der Waals surface area contributed by atoms with Crippen LogP contribution in [0.3, 0.4) is 0 Å². The van der Waals surface area contributed by atoms with E-state index in [4.69, 9.17) is 12.2 Å². The quantitative estimate of drug-likeness (QED) is 0.674. The van der Waals surface area contributed by atoms with Crippen LogP contribution in [0.4, 0.5) is 0 Å². The number of thiocarbonyl (C=S) groups is 1. The van der Waals surface area contributed by atoms with Crippen LogP contribution in [0.5, 0.6) is 0 Å². The Bertz CT molecular complexity index is 275. The van der Waals surface area contributed by atoms with Crippen LogP contribution < -0.4 is 10.6 Å². The van der Waals surface area contributed by atoms with E-state index in [9.17, 15) is 8.42 Å². The van der Waals surface area contributed by atoms with Crippen LogP contribution in [0.2, 0.25) is 0 Å². The molecule has 0 amide bonds. The normalized spacial score (nSPS) is 13.4. The number of hydrogen-bond donors (Lipinski definition) is 2. The summed E-state index contributed by atoms with van der Waals surface area (Å²) in [6.45, 7) is 4.63. The minimum atomic E-state index is -2.94. The molecule has 1 unspecified atom stereocenters. The lowest BCUT2D eigenvalue weighted by atomic mass is 10.4. The third-order valence-corrected chi connectivity index (χ3v) is 2.83. The molecule has 2 N–H and O–H groups in total. The van der Waals surface area contributed by atoms with Crippen molar-refractivity contribution in [2.75, 3.05) is 18.6 Å². The highest BCUT2D eigenvalue weighted by molar-refractivity contribution is 7.90. The van der Waals surface area contributed by atoms with Crippen molar-refractivity contribution in [2.24, 2.45) is 0 Å². The zero-order valence-corrected chi connectivity index (χ0v) is 10.5. The Kier molecular flexibility index (Phi) is 6.03. The second kappa shape index (κ2) is 6.19. The van der Waals surface area contributed by atoms with E-state index in [1.54, 1.807) is 6.92 Å². The summed E-state index contributed by atoms with van der Waals surface area (Å²) in [6.07, 6.45) is 2.20. The highest BCUT2D eigenvalue weighted by Gasteiger charge is 2.10. The van der Waals surface area contributed by atoms with Crippen LogP contribution in [-0.2, 0) is 9.84 Å². The van der Waals surface area contributed by atoms with Gasteiger partial charge in [-0.05, 0) is 25.6 Å². The molecule has 0 saturated carbocycles. The molecule has 0 aromatic carbocycles. The molecule has 0 aliphatic carbocycles. The van der Waals surface area contributed by atoms with Crippen LogP contribution in [0, 0.1) is 0 Å². The molecule has 84 valence electrons. The van der Waals surface area contributed by atoms with Crippen molar-refractivity contribution in [2.45, 2.75) is 26.3 Å². The Morgan fingerprint density at radius 3 is 2.50 bits per heavy atom. The lowest BCUT2D eigenvalue weighted by Crippen LogP contribution is -2.43. The van der Waals surface area contributed by atoms with Gasteiger partial charge in [-0.15, -0.1) is 0 Å². The number of rotatable bonds is 5. The maximum atomic E-state index is 10.9. The average Bonchev–Trinajstić information content (AvgIpc) is 1.96. The summed E-state index contributed by atoms with van der Waals surface area (Å²) in [5, 5.41) is 6.40. The summed E-state index contributed by atoms with van der Waals surface area (Å²) in [6, 6.07) is -0.151. The number of sulfone groups is 1. The molecule has 0 heterocycles. The fraction of sp³-hybridized carbons (Fsp3) is 0.875. The third kappa shape index (κ3) is 8.25. The molecule has 14 heavy (non-hydrogen) atoms. The Morgan fingerprint density at radius 2 is 2.07 bits per heavy atom. The van der Waals surface area contributed by atoms with Gasteiger partial charge in [0.2, 0.25) is 0 Å². The zero-order valence-electron chi connectivity index (χ0n) is 8.83. The summed E-state index contributed by atoms with van der Waals surface area (Å²) in [5.41, 5.74) is 0. The first kappa shape index (κ1) is 13.6. The van der Waals surface area contributed by atoms with Crippen molar-refractivity contribution in [3.63, 3.8) is 0 Å². The summed E-state index contributed by atoms with van der Waals surface area (Å²) < 4.78 is 21.9. The standard InChI is InChI=1S/C8H18N2O2S2/c1-4-5-9-8(13)10-7(2)6-14(3,11)12/h7H,4-6H2,1-3H3,(H2,9,10,13). The van der Waals surface area contributed by atoms with E-state index < -0.39 is 9.84 Å². The van der Waals surface area contributed by atoms with Crippen molar-refractivity contribution >= 4 is 27.2 Å². The van der Waals surface area contributed by atoms with E-state index in [0.29, 0.717) is 5.11 Å². The molecule has 0 spiro atoms. The van der Waals surface area contributed by atoms with Crippen molar-refractivity contribution in [1.82, 2.24) is 10.6 Å². The zero-order chi connectivity index (χ0) is 11.2. The Labute approximate surface area is 91.4 Å². The molecule has 6 heteroatoms. The monoisotopic (exact) mass is 238 g/mol. The first-order valence-electron chi connectivity index (χ1n) is 4.57. The second-order valence-corrected chi connectivity index (χ2v) is 5.99. The molecule has 0 bridgehead atoms. The van der Waals surface area contributed by atoms with Crippen LogP contribution in [-0.4, -0.2) is 38.1 Å². The van der Waals surface area contributed by atoms with Gasteiger partial charge in [-0.25, -0.2) is 8.42 Å². The van der Waals surface area contributed by atoms with Gasteiger partial charge >= 0.3 is 0 Å². The molecule has 0 aliphatic rings. The van der Waals surface area contributed by atoms with Gasteiger partial charge in [0.05, 0.1) is 5.75 Å². The molecule has 0 radical (unpaired) electrons. The topological polar surface area (TPSA) is 58.2 Å². The van der Waals surface area contributed by atoms with Crippen LogP contribution in [0.15, 0.2) is 0 Å². The molecule has 0 saturated heterocycles. The maximum absolute atomic E-state index is 10.9. The summed E-state index contributed by atoms with van der Waals surface area (Å²) in [4.78, 5) is 0. The molecule has 0 aromatic rings. The molecular formula is C8H18N2O2S2. The van der Waals surface area contributed by atoms with Crippen LogP contribution in [0.1, 0.15) is 20.3 Å². The van der Waals surface area contributed by atoms with Gasteiger partial charge < -0.3 is 10.6 Å². The van der Waals surface area contributed by atoms with E-state index in [1.807, 2.05) is 6.92 Å². The summed E-state index contributed by atoms with van der Waals surface area (Å²) >= 11 is 4.97. The molecule has 0 fully saturated rings. The van der Waals surface area contributed by atoms with E-state index in [2.05, 4.69) is 10.6 Å². The van der Waals surface area contributed by atoms with Crippen molar-refractivity contribution in [3.05, 3.63) is 0 Å². The van der Waals surface area contributed by atoms with Gasteiger partial charge in [0.25, 0.3) is 0 Å². The average molecular weight is 238 g/mol. The molecule has 4 nitrogen and oxygen atoms in total. The predicted molar refractivity (Wildman–Crippen MR) is 63.2 cm³/mol. The second-order valence-electron chi connectivity index (χ2n) is 3.39. The van der Waals surface area contributed by atoms with E-state index in [0.717, 1.165) is 13.0 Å². The highest BCUT2D eigenvalue weighted by atomic mass is 32.2. The summed E-state index contributed by atoms with van der Waals surface area (Å²) in [5.74, 6) is 0.0982. The first-order chi connectivity index (χ1) is 6.35. The van der Waals surface area contributed by atoms with Crippen molar-refractivity contribution < 1.29 is 8.42 Å². The van der Waals surface area contributed by atoms with Crippen molar-refractivity contribution in [3.8, 4) is 0 Å². The van der Waals surface area contributed by atoms with Gasteiger partial charge in [-0.3, -0.25) is 0 Å². The van der Waals surface area contributed by atoms with Gasteiger partial charge in [0.15, 0.2) is 5.11 Å². The Hall–Kier alpha value is -0.360. The minimum Gasteiger partial charge on any atom is -0.363 e. The summed E-state index contributed by atoms with van der Waals surface area (Å²) in [7, 11) is -2.94. The van der Waals surface area contributed by atoms with Gasteiger partial charge in [0.1, 0.15) is 9.84 Å². The third-order valence-electron chi connectivity index (χ3n) is 1.47. The fourth-order valence-electron chi connectivity index (χ4n) is 1.01. The van der Waals surface area contributed by atoms with Crippen molar-refractivity contribution in [1.29, 1.82) is 0 Å². The highest BCUT2D eigenvalue weighted by Crippen LogP contribution is 1.89.